The van der Waals surface area contributed by atoms with Gasteiger partial charge in [-0.1, -0.05) is 5.21 Å². The van der Waals surface area contributed by atoms with E-state index in [1.807, 2.05) is 12.1 Å². The zero-order chi connectivity index (χ0) is 13.8. The largest absolute Gasteiger partial charge is 0.476 e. The van der Waals surface area contributed by atoms with Crippen LogP contribution in [0.1, 0.15) is 15.4 Å². The first-order chi connectivity index (χ1) is 9.04. The van der Waals surface area contributed by atoms with Crippen LogP contribution >= 0.6 is 27.3 Å². The summed E-state index contributed by atoms with van der Waals surface area (Å²) in [6.07, 6.45) is 1.21. The summed E-state index contributed by atoms with van der Waals surface area (Å²) in [4.78, 5) is 23.2. The number of nitrogens with zero attached hydrogens (tertiary/aromatic N) is 3. The van der Waals surface area contributed by atoms with Gasteiger partial charge in [-0.2, -0.15) is 0 Å². The topological polar surface area (TPSA) is 97.1 Å². The lowest BCUT2D eigenvalue weighted by Gasteiger charge is -2.02. The number of carboxylic acid groups (broad SMARTS) is 1. The SMILES string of the molecule is O=C(Cn1cc(C(=O)O)nn1)NCc1ccc(Br)s1. The van der Waals surface area contributed by atoms with E-state index in [1.165, 1.54) is 22.2 Å². The minimum Gasteiger partial charge on any atom is -0.476 e. The Labute approximate surface area is 120 Å². The Morgan fingerprint density at radius 2 is 2.26 bits per heavy atom. The molecule has 0 aliphatic heterocycles. The zero-order valence-electron chi connectivity index (χ0n) is 9.54. The number of amides is 1. The van der Waals surface area contributed by atoms with Crippen molar-refractivity contribution in [1.29, 1.82) is 0 Å². The van der Waals surface area contributed by atoms with Gasteiger partial charge in [0.05, 0.1) is 16.5 Å². The lowest BCUT2D eigenvalue weighted by atomic mass is 10.4. The third kappa shape index (κ3) is 3.86. The second kappa shape index (κ2) is 5.93. The van der Waals surface area contributed by atoms with E-state index in [-0.39, 0.29) is 18.1 Å². The molecule has 0 radical (unpaired) electrons. The number of carbonyl (C=O) groups excluding carboxylic acids is 1. The van der Waals surface area contributed by atoms with Crippen LogP contribution in [0.15, 0.2) is 22.1 Å². The molecular formula is C10H9BrN4O3S. The summed E-state index contributed by atoms with van der Waals surface area (Å²) < 4.78 is 2.18. The summed E-state index contributed by atoms with van der Waals surface area (Å²) in [7, 11) is 0. The maximum Gasteiger partial charge on any atom is 0.358 e. The van der Waals surface area contributed by atoms with Gasteiger partial charge < -0.3 is 10.4 Å². The van der Waals surface area contributed by atoms with Crippen molar-refractivity contribution >= 4 is 39.1 Å². The molecule has 0 saturated heterocycles. The maximum atomic E-state index is 11.6. The molecule has 2 heterocycles. The van der Waals surface area contributed by atoms with Gasteiger partial charge in [0.2, 0.25) is 5.91 Å². The molecule has 2 N–H and O–H groups in total. The van der Waals surface area contributed by atoms with Gasteiger partial charge in [-0.05, 0) is 28.1 Å². The number of nitrogens with one attached hydrogen (secondary N) is 1. The van der Waals surface area contributed by atoms with Gasteiger partial charge in [-0.3, -0.25) is 4.79 Å². The molecule has 0 fully saturated rings. The van der Waals surface area contributed by atoms with E-state index in [0.29, 0.717) is 6.54 Å². The maximum absolute atomic E-state index is 11.6. The molecule has 0 aliphatic rings. The fourth-order valence-corrected chi connectivity index (χ4v) is 2.73. The first-order valence-electron chi connectivity index (χ1n) is 5.19. The van der Waals surface area contributed by atoms with Gasteiger partial charge in [0.25, 0.3) is 0 Å². The Morgan fingerprint density at radius 1 is 1.47 bits per heavy atom. The molecule has 0 bridgehead atoms. The molecule has 0 aliphatic carbocycles. The van der Waals surface area contributed by atoms with Crippen molar-refractivity contribution in [2.75, 3.05) is 0 Å². The highest BCUT2D eigenvalue weighted by Gasteiger charge is 2.10. The van der Waals surface area contributed by atoms with Crippen molar-refractivity contribution in [2.45, 2.75) is 13.1 Å². The molecule has 9 heteroatoms. The molecule has 19 heavy (non-hydrogen) atoms. The summed E-state index contributed by atoms with van der Waals surface area (Å²) in [6, 6.07) is 3.82. The summed E-state index contributed by atoms with van der Waals surface area (Å²) in [5.74, 6) is -1.43. The molecule has 0 aromatic carbocycles. The van der Waals surface area contributed by atoms with Crippen LogP contribution in [-0.2, 0) is 17.9 Å². The Balaban J connectivity index is 1.85. The molecule has 0 spiro atoms. The average Bonchev–Trinajstić information content (AvgIpc) is 2.96. The molecule has 2 rings (SSSR count). The first-order valence-corrected chi connectivity index (χ1v) is 6.80. The summed E-state index contributed by atoms with van der Waals surface area (Å²) >= 11 is 4.87. The quantitative estimate of drug-likeness (QED) is 0.846. The number of rotatable bonds is 5. The molecule has 1 amide bonds. The highest BCUT2D eigenvalue weighted by molar-refractivity contribution is 9.11. The monoisotopic (exact) mass is 344 g/mol. The van der Waals surface area contributed by atoms with E-state index in [9.17, 15) is 9.59 Å². The highest BCUT2D eigenvalue weighted by Crippen LogP contribution is 2.21. The molecular weight excluding hydrogens is 336 g/mol. The van der Waals surface area contributed by atoms with Gasteiger partial charge in [-0.15, -0.1) is 16.4 Å². The van der Waals surface area contributed by atoms with Crippen molar-refractivity contribution in [3.63, 3.8) is 0 Å². The molecule has 7 nitrogen and oxygen atoms in total. The first kappa shape index (κ1) is 13.7. The number of thiophene rings is 1. The molecule has 0 saturated carbocycles. The lowest BCUT2D eigenvalue weighted by molar-refractivity contribution is -0.122. The fourth-order valence-electron chi connectivity index (χ4n) is 1.31. The van der Waals surface area contributed by atoms with Crippen LogP contribution in [0, 0.1) is 0 Å². The van der Waals surface area contributed by atoms with E-state index in [0.717, 1.165) is 8.66 Å². The molecule has 0 atom stereocenters. The van der Waals surface area contributed by atoms with E-state index >= 15 is 0 Å². The van der Waals surface area contributed by atoms with Crippen LogP contribution < -0.4 is 5.32 Å². The Hall–Kier alpha value is -1.74. The second-order valence-corrected chi connectivity index (χ2v) is 6.14. The van der Waals surface area contributed by atoms with Crippen LogP contribution in [0.5, 0.6) is 0 Å². The third-order valence-corrected chi connectivity index (χ3v) is 3.78. The predicted octanol–water partition coefficient (Wildman–Crippen LogP) is 1.12. The fraction of sp³-hybridized carbons (Fsp3) is 0.200. The molecule has 2 aromatic heterocycles. The molecule has 0 unspecified atom stereocenters. The number of hydrogen-bond acceptors (Lipinski definition) is 5. The van der Waals surface area contributed by atoms with Gasteiger partial charge in [-0.25, -0.2) is 9.48 Å². The summed E-state index contributed by atoms with van der Waals surface area (Å²) in [5, 5.41) is 18.4. The number of carboxylic acids is 1. The van der Waals surface area contributed by atoms with Gasteiger partial charge in [0, 0.05) is 4.88 Å². The highest BCUT2D eigenvalue weighted by atomic mass is 79.9. The van der Waals surface area contributed by atoms with Crippen LogP contribution in [0.3, 0.4) is 0 Å². The number of aromatic carboxylic acids is 1. The van der Waals surface area contributed by atoms with E-state index in [2.05, 4.69) is 31.6 Å². The normalized spacial score (nSPS) is 10.4. The third-order valence-electron chi connectivity index (χ3n) is 2.15. The van der Waals surface area contributed by atoms with Crippen LogP contribution in [0.4, 0.5) is 0 Å². The standard InChI is InChI=1S/C10H9BrN4O3S/c11-8-2-1-6(19-8)3-12-9(16)5-15-4-7(10(17)18)13-14-15/h1-2,4H,3,5H2,(H,12,16)(H,17,18). The molecule has 2 aromatic rings. The number of carbonyl (C=O) groups is 2. The van der Waals surface area contributed by atoms with E-state index in [4.69, 9.17) is 5.11 Å². The van der Waals surface area contributed by atoms with Gasteiger partial charge >= 0.3 is 5.97 Å². The Morgan fingerprint density at radius 3 is 2.84 bits per heavy atom. The smallest absolute Gasteiger partial charge is 0.358 e. The van der Waals surface area contributed by atoms with Gasteiger partial charge in [0.15, 0.2) is 5.69 Å². The minimum atomic E-state index is -1.17. The van der Waals surface area contributed by atoms with Crippen molar-refractivity contribution in [3.05, 3.63) is 32.7 Å². The molecule has 100 valence electrons. The second-order valence-electron chi connectivity index (χ2n) is 3.59. The van der Waals surface area contributed by atoms with Crippen molar-refractivity contribution in [3.8, 4) is 0 Å². The average molecular weight is 345 g/mol. The summed E-state index contributed by atoms with van der Waals surface area (Å²) in [5.41, 5.74) is -0.185. The van der Waals surface area contributed by atoms with Crippen LogP contribution in [-0.4, -0.2) is 32.0 Å². The predicted molar refractivity (Wildman–Crippen MR) is 70.8 cm³/mol. The lowest BCUT2D eigenvalue weighted by Crippen LogP contribution is -2.27. The van der Waals surface area contributed by atoms with Crippen molar-refractivity contribution in [1.82, 2.24) is 20.3 Å². The van der Waals surface area contributed by atoms with E-state index in [1.54, 1.807) is 0 Å². The summed E-state index contributed by atoms with van der Waals surface area (Å²) in [6.45, 7) is 0.364. The van der Waals surface area contributed by atoms with Crippen LogP contribution in [0.2, 0.25) is 0 Å². The number of halogens is 1. The van der Waals surface area contributed by atoms with Crippen LogP contribution in [0.25, 0.3) is 0 Å². The van der Waals surface area contributed by atoms with Gasteiger partial charge in [0.1, 0.15) is 6.54 Å². The van der Waals surface area contributed by atoms with Crippen molar-refractivity contribution < 1.29 is 14.7 Å². The number of hydrogen-bond donors (Lipinski definition) is 2. The minimum absolute atomic E-state index is 0.0627. The number of aromatic nitrogens is 3. The Bertz CT molecular complexity index is 609. The Kier molecular flexibility index (Phi) is 4.27. The van der Waals surface area contributed by atoms with E-state index < -0.39 is 5.97 Å². The zero-order valence-corrected chi connectivity index (χ0v) is 11.9. The van der Waals surface area contributed by atoms with Crippen molar-refractivity contribution in [2.24, 2.45) is 0 Å².